The van der Waals surface area contributed by atoms with Gasteiger partial charge in [0.15, 0.2) is 0 Å². The standard InChI is InChI=1S/C22H25N3O8S/c1-8-16-15(9(2)26)20(29)25(16)17(22(32)33)18(8)34-11-6-13(23-7-11)19(28)24-12-5-10(21(30)31)3-4-14(12)27/h3-5,8-9,11,13,15-16,23,26-27H,6-7H2,1-2H3,(H,24,28)(H,30,31)(H,32,33)/t8-,9-,11+,13+,15-,16-/m1/s1. The molecule has 0 radical (unpaired) electrons. The second-order valence-corrected chi connectivity index (χ2v) is 10.1. The van der Waals surface area contributed by atoms with Gasteiger partial charge in [0.25, 0.3) is 0 Å². The molecule has 2 fully saturated rings. The summed E-state index contributed by atoms with van der Waals surface area (Å²) >= 11 is 1.31. The fraction of sp³-hybridized carbons (Fsp3) is 0.455. The number of hydrogen-bond donors (Lipinski definition) is 6. The van der Waals surface area contributed by atoms with Crippen molar-refractivity contribution >= 4 is 41.2 Å². The number of aliphatic hydroxyl groups is 1. The van der Waals surface area contributed by atoms with Gasteiger partial charge in [0.1, 0.15) is 11.4 Å². The van der Waals surface area contributed by atoms with Gasteiger partial charge in [-0.05, 0) is 31.5 Å². The van der Waals surface area contributed by atoms with Crippen LogP contribution in [0.5, 0.6) is 5.75 Å². The molecular formula is C22H25N3O8S. The van der Waals surface area contributed by atoms with E-state index < -0.39 is 47.9 Å². The van der Waals surface area contributed by atoms with E-state index in [0.29, 0.717) is 17.9 Å². The number of carbonyl (C=O) groups excluding carboxylic acids is 2. The van der Waals surface area contributed by atoms with Crippen LogP contribution in [-0.2, 0) is 14.4 Å². The number of β-lactam (4-membered cyclic amide) rings is 1. The zero-order valence-corrected chi connectivity index (χ0v) is 19.2. The third-order valence-electron chi connectivity index (χ3n) is 6.51. The molecule has 1 aromatic carbocycles. The van der Waals surface area contributed by atoms with E-state index in [-0.39, 0.29) is 33.9 Å². The van der Waals surface area contributed by atoms with Gasteiger partial charge in [-0.1, -0.05) is 6.92 Å². The van der Waals surface area contributed by atoms with Crippen molar-refractivity contribution in [3.63, 3.8) is 0 Å². The SMILES string of the molecule is C[C@@H](O)[C@H]1C(=O)N2C(C(=O)O)=C(S[C@@H]3CN[C@H](C(=O)Nc4cc(C(=O)O)ccc4O)C3)[C@H](C)[C@H]12. The molecule has 6 atom stereocenters. The number of thioether (sulfide) groups is 1. The molecule has 3 heterocycles. The summed E-state index contributed by atoms with van der Waals surface area (Å²) in [6, 6.07) is 2.53. The number of carbonyl (C=O) groups is 4. The first kappa shape index (κ1) is 24.0. The summed E-state index contributed by atoms with van der Waals surface area (Å²) in [6.07, 6.45) is -0.523. The van der Waals surface area contributed by atoms with Crippen LogP contribution in [0.25, 0.3) is 0 Å². The van der Waals surface area contributed by atoms with Crippen molar-refractivity contribution in [2.24, 2.45) is 11.8 Å². The lowest BCUT2D eigenvalue weighted by molar-refractivity contribution is -0.163. The minimum absolute atomic E-state index is 0.0184. The molecule has 2 amide bonds. The van der Waals surface area contributed by atoms with E-state index in [2.05, 4.69) is 10.6 Å². The van der Waals surface area contributed by atoms with Crippen molar-refractivity contribution in [3.8, 4) is 5.75 Å². The van der Waals surface area contributed by atoms with Crippen molar-refractivity contribution in [2.75, 3.05) is 11.9 Å². The van der Waals surface area contributed by atoms with Crippen LogP contribution in [-0.4, -0.2) is 79.1 Å². The van der Waals surface area contributed by atoms with Gasteiger partial charge in [-0.2, -0.15) is 0 Å². The third kappa shape index (κ3) is 4.01. The number of aliphatic hydroxyl groups excluding tert-OH is 1. The maximum Gasteiger partial charge on any atom is 0.353 e. The number of phenolic OH excluding ortho intramolecular Hbond substituents is 1. The van der Waals surface area contributed by atoms with E-state index in [1.807, 2.05) is 6.92 Å². The molecule has 6 N–H and O–H groups in total. The highest BCUT2D eigenvalue weighted by Gasteiger charge is 2.60. The maximum absolute atomic E-state index is 12.7. The number of hydrogen-bond acceptors (Lipinski definition) is 8. The Bertz CT molecular complexity index is 1100. The molecule has 11 nitrogen and oxygen atoms in total. The van der Waals surface area contributed by atoms with E-state index >= 15 is 0 Å². The number of fused-ring (bicyclic) bond motifs is 1. The van der Waals surface area contributed by atoms with Crippen molar-refractivity contribution in [2.45, 2.75) is 43.7 Å². The summed E-state index contributed by atoms with van der Waals surface area (Å²) in [7, 11) is 0. The minimum Gasteiger partial charge on any atom is -0.506 e. The molecule has 0 saturated carbocycles. The van der Waals surface area contributed by atoms with Crippen LogP contribution in [0, 0.1) is 11.8 Å². The molecule has 3 aliphatic rings. The number of nitrogens with zero attached hydrogens (tertiary/aromatic N) is 1. The van der Waals surface area contributed by atoms with E-state index in [1.54, 1.807) is 0 Å². The van der Waals surface area contributed by atoms with Gasteiger partial charge < -0.3 is 36.0 Å². The highest BCUT2D eigenvalue weighted by Crippen LogP contribution is 2.51. The molecule has 4 rings (SSSR count). The second kappa shape index (κ2) is 8.93. The fourth-order valence-corrected chi connectivity index (χ4v) is 6.32. The predicted molar refractivity (Wildman–Crippen MR) is 121 cm³/mol. The number of anilines is 1. The molecule has 2 saturated heterocycles. The number of benzene rings is 1. The molecule has 0 aliphatic carbocycles. The van der Waals surface area contributed by atoms with Crippen molar-refractivity contribution in [1.82, 2.24) is 10.2 Å². The summed E-state index contributed by atoms with van der Waals surface area (Å²) in [5, 5.41) is 44.2. The number of carboxylic acids is 2. The second-order valence-electron chi connectivity index (χ2n) is 8.73. The number of carboxylic acid groups (broad SMARTS) is 2. The van der Waals surface area contributed by atoms with Gasteiger partial charge in [0.05, 0.1) is 35.4 Å². The largest absolute Gasteiger partial charge is 0.506 e. The van der Waals surface area contributed by atoms with Crippen LogP contribution in [0.15, 0.2) is 28.8 Å². The zero-order chi connectivity index (χ0) is 24.9. The lowest BCUT2D eigenvalue weighted by atomic mass is 9.79. The van der Waals surface area contributed by atoms with Crippen LogP contribution in [0.1, 0.15) is 30.6 Å². The molecule has 0 aromatic heterocycles. The fourth-order valence-electron chi connectivity index (χ4n) is 4.84. The number of nitrogens with one attached hydrogen (secondary N) is 2. The highest BCUT2D eigenvalue weighted by molar-refractivity contribution is 8.03. The lowest BCUT2D eigenvalue weighted by Gasteiger charge is -2.46. The Morgan fingerprint density at radius 1 is 1.24 bits per heavy atom. The third-order valence-corrected chi connectivity index (χ3v) is 8.02. The molecule has 0 spiro atoms. The maximum atomic E-state index is 12.7. The van der Waals surface area contributed by atoms with Crippen LogP contribution in [0.4, 0.5) is 5.69 Å². The topological polar surface area (TPSA) is 176 Å². The van der Waals surface area contributed by atoms with E-state index in [0.717, 1.165) is 0 Å². The summed E-state index contributed by atoms with van der Waals surface area (Å²) in [4.78, 5) is 50.1. The first-order chi connectivity index (χ1) is 16.0. The summed E-state index contributed by atoms with van der Waals surface area (Å²) < 4.78 is 0. The van der Waals surface area contributed by atoms with Gasteiger partial charge in [-0.15, -0.1) is 11.8 Å². The average Bonchev–Trinajstić information content (AvgIpc) is 3.31. The van der Waals surface area contributed by atoms with Crippen molar-refractivity contribution in [1.29, 1.82) is 0 Å². The average molecular weight is 492 g/mol. The van der Waals surface area contributed by atoms with E-state index in [9.17, 15) is 34.5 Å². The van der Waals surface area contributed by atoms with Crippen molar-refractivity contribution < 1.29 is 39.6 Å². The van der Waals surface area contributed by atoms with Crippen LogP contribution in [0.2, 0.25) is 0 Å². The Balaban J connectivity index is 1.45. The highest BCUT2D eigenvalue weighted by atomic mass is 32.2. The smallest absolute Gasteiger partial charge is 0.353 e. The molecule has 1 aromatic rings. The Morgan fingerprint density at radius 2 is 1.94 bits per heavy atom. The van der Waals surface area contributed by atoms with Crippen LogP contribution in [0.3, 0.4) is 0 Å². The van der Waals surface area contributed by atoms with Gasteiger partial charge in [0, 0.05) is 22.6 Å². The van der Waals surface area contributed by atoms with Gasteiger partial charge in [-0.25, -0.2) is 9.59 Å². The number of phenols is 1. The summed E-state index contributed by atoms with van der Waals surface area (Å²) in [5.74, 6) is -4.43. The molecule has 12 heteroatoms. The van der Waals surface area contributed by atoms with Gasteiger partial charge >= 0.3 is 11.9 Å². The normalized spacial score (nSPS) is 29.0. The quantitative estimate of drug-likeness (QED) is 0.234. The molecule has 34 heavy (non-hydrogen) atoms. The Morgan fingerprint density at radius 3 is 2.56 bits per heavy atom. The summed E-state index contributed by atoms with van der Waals surface area (Å²) in [6.45, 7) is 3.76. The Hall–Kier alpha value is -3.09. The summed E-state index contributed by atoms with van der Waals surface area (Å²) in [5.41, 5.74) is -0.165. The first-order valence-electron chi connectivity index (χ1n) is 10.8. The van der Waals surface area contributed by atoms with Gasteiger partial charge in [0.2, 0.25) is 11.8 Å². The molecule has 182 valence electrons. The van der Waals surface area contributed by atoms with Crippen LogP contribution >= 0.6 is 11.8 Å². The first-order valence-corrected chi connectivity index (χ1v) is 11.6. The Kier molecular flexibility index (Phi) is 6.32. The number of aliphatic carboxylic acids is 1. The van der Waals surface area contributed by atoms with Crippen molar-refractivity contribution in [3.05, 3.63) is 34.4 Å². The molecule has 0 unspecified atom stereocenters. The number of rotatable bonds is 7. The molecule has 3 aliphatic heterocycles. The molecule has 0 bridgehead atoms. The predicted octanol–water partition coefficient (Wildman–Crippen LogP) is 0.646. The van der Waals surface area contributed by atoms with Gasteiger partial charge in [-0.3, -0.25) is 9.59 Å². The van der Waals surface area contributed by atoms with E-state index in [1.165, 1.54) is 41.8 Å². The molecular weight excluding hydrogens is 466 g/mol. The zero-order valence-electron chi connectivity index (χ0n) is 18.4. The van der Waals surface area contributed by atoms with Crippen LogP contribution < -0.4 is 10.6 Å². The number of amides is 2. The number of aromatic hydroxyl groups is 1. The van der Waals surface area contributed by atoms with E-state index in [4.69, 9.17) is 5.11 Å². The lowest BCUT2D eigenvalue weighted by Crippen LogP contribution is -2.63. The monoisotopic (exact) mass is 491 g/mol. The number of aromatic carboxylic acids is 1. The minimum atomic E-state index is -1.21. The Labute approximate surface area is 198 Å².